The molecule has 2 rings (SSSR count). The first-order valence-corrected chi connectivity index (χ1v) is 7.70. The van der Waals surface area contributed by atoms with Crippen LogP contribution in [0.15, 0.2) is 22.8 Å². The van der Waals surface area contributed by atoms with Gasteiger partial charge in [0.1, 0.15) is 0 Å². The summed E-state index contributed by atoms with van der Waals surface area (Å²) in [7, 11) is 0. The Kier molecular flexibility index (Phi) is 2.79. The summed E-state index contributed by atoms with van der Waals surface area (Å²) >= 11 is 0. The summed E-state index contributed by atoms with van der Waals surface area (Å²) < 4.78 is 0. The average molecular weight is 260 g/mol. The van der Waals surface area contributed by atoms with Crippen LogP contribution in [-0.2, 0) is 0 Å². The molecule has 0 radical (unpaired) electrons. The van der Waals surface area contributed by atoms with Gasteiger partial charge in [0, 0.05) is 5.92 Å². The average Bonchev–Trinajstić information content (AvgIpc) is 2.54. The van der Waals surface area contributed by atoms with Crippen LogP contribution in [0.1, 0.15) is 69.2 Å². The maximum Gasteiger partial charge on any atom is 0.00505 e. The Balaban J connectivity index is 2.79. The molecule has 1 unspecified atom stereocenters. The van der Waals surface area contributed by atoms with Gasteiger partial charge in [-0.1, -0.05) is 72.6 Å². The number of fused-ring (bicyclic) bond motifs is 1. The van der Waals surface area contributed by atoms with Crippen LogP contribution in [0.25, 0.3) is 0 Å². The van der Waals surface area contributed by atoms with Gasteiger partial charge in [-0.15, -0.1) is 0 Å². The lowest BCUT2D eigenvalue weighted by Gasteiger charge is -2.67. The van der Waals surface area contributed by atoms with E-state index in [2.05, 4.69) is 75.3 Å². The van der Waals surface area contributed by atoms with Crippen molar-refractivity contribution in [2.45, 2.75) is 69.2 Å². The molecule has 0 N–H and O–H groups in total. The third kappa shape index (κ3) is 1.41. The van der Waals surface area contributed by atoms with Crippen molar-refractivity contribution in [2.24, 2.45) is 27.6 Å². The summed E-state index contributed by atoms with van der Waals surface area (Å²) in [5.74, 6) is 0.602. The number of hydrogen-bond acceptors (Lipinski definition) is 0. The van der Waals surface area contributed by atoms with Gasteiger partial charge >= 0.3 is 0 Å². The van der Waals surface area contributed by atoms with Crippen molar-refractivity contribution >= 4 is 0 Å². The molecular formula is C19H32. The third-order valence-corrected chi connectivity index (χ3v) is 7.91. The van der Waals surface area contributed by atoms with E-state index in [1.165, 1.54) is 5.57 Å². The molecule has 0 bridgehead atoms. The van der Waals surface area contributed by atoms with E-state index in [1.807, 2.05) is 0 Å². The van der Waals surface area contributed by atoms with Gasteiger partial charge in [-0.2, -0.15) is 0 Å². The Hall–Kier alpha value is -0.520. The molecule has 1 saturated carbocycles. The zero-order valence-corrected chi connectivity index (χ0v) is 14.7. The lowest BCUT2D eigenvalue weighted by molar-refractivity contribution is -0.130. The van der Waals surface area contributed by atoms with E-state index in [0.29, 0.717) is 16.7 Å². The minimum absolute atomic E-state index is 0.245. The van der Waals surface area contributed by atoms with Gasteiger partial charge in [0.15, 0.2) is 0 Å². The molecule has 2 aliphatic rings. The van der Waals surface area contributed by atoms with Crippen molar-refractivity contribution in [3.05, 3.63) is 22.8 Å². The van der Waals surface area contributed by atoms with Crippen LogP contribution >= 0.6 is 0 Å². The number of rotatable bonds is 0. The molecule has 0 heteroatoms. The van der Waals surface area contributed by atoms with Crippen molar-refractivity contribution in [3.8, 4) is 0 Å². The van der Waals surface area contributed by atoms with E-state index in [0.717, 1.165) is 0 Å². The van der Waals surface area contributed by atoms with Crippen LogP contribution in [0.4, 0.5) is 0 Å². The molecule has 0 amide bonds. The standard InChI is InChI=1S/C19H32/c1-12-11-14-15(13(12)2)17(5,6)19(9,10)18(7,8)16(14,3)4/h11,14H,1-10H3. The van der Waals surface area contributed by atoms with E-state index in [1.54, 1.807) is 11.1 Å². The molecule has 1 fully saturated rings. The summed E-state index contributed by atoms with van der Waals surface area (Å²) in [6.45, 7) is 24.4. The van der Waals surface area contributed by atoms with Crippen LogP contribution in [0.3, 0.4) is 0 Å². The predicted molar refractivity (Wildman–Crippen MR) is 85.1 cm³/mol. The van der Waals surface area contributed by atoms with Crippen LogP contribution in [0.2, 0.25) is 0 Å². The highest BCUT2D eigenvalue weighted by Crippen LogP contribution is 2.72. The van der Waals surface area contributed by atoms with Gasteiger partial charge in [-0.3, -0.25) is 0 Å². The minimum atomic E-state index is 0.245. The monoisotopic (exact) mass is 260 g/mol. The van der Waals surface area contributed by atoms with E-state index >= 15 is 0 Å². The summed E-state index contributed by atoms with van der Waals surface area (Å²) in [4.78, 5) is 0. The zero-order chi connectivity index (χ0) is 15.0. The zero-order valence-electron chi connectivity index (χ0n) is 14.7. The maximum absolute atomic E-state index is 2.53. The van der Waals surface area contributed by atoms with E-state index in [4.69, 9.17) is 0 Å². The number of hydrogen-bond donors (Lipinski definition) is 0. The highest BCUT2D eigenvalue weighted by molar-refractivity contribution is 5.49. The highest BCUT2D eigenvalue weighted by atomic mass is 14.7. The molecule has 0 aromatic carbocycles. The van der Waals surface area contributed by atoms with Crippen molar-refractivity contribution in [3.63, 3.8) is 0 Å². The minimum Gasteiger partial charge on any atom is -0.0735 e. The van der Waals surface area contributed by atoms with E-state index in [9.17, 15) is 0 Å². The van der Waals surface area contributed by atoms with Crippen molar-refractivity contribution in [1.29, 1.82) is 0 Å². The summed E-state index contributed by atoms with van der Waals surface area (Å²) in [5, 5.41) is 0. The van der Waals surface area contributed by atoms with Crippen molar-refractivity contribution < 1.29 is 0 Å². The molecular weight excluding hydrogens is 228 g/mol. The first-order chi connectivity index (χ1) is 8.30. The largest absolute Gasteiger partial charge is 0.0735 e. The lowest BCUT2D eigenvalue weighted by Crippen LogP contribution is -2.60. The molecule has 0 aliphatic heterocycles. The molecule has 19 heavy (non-hydrogen) atoms. The van der Waals surface area contributed by atoms with Crippen LogP contribution in [0.5, 0.6) is 0 Å². The Morgan fingerprint density at radius 2 is 1.26 bits per heavy atom. The molecule has 2 aliphatic carbocycles. The molecule has 0 aromatic heterocycles. The first-order valence-electron chi connectivity index (χ1n) is 7.70. The third-order valence-electron chi connectivity index (χ3n) is 7.91. The smallest absolute Gasteiger partial charge is 0.00505 e. The van der Waals surface area contributed by atoms with Gasteiger partial charge in [0.2, 0.25) is 0 Å². The topological polar surface area (TPSA) is 0 Å². The second kappa shape index (κ2) is 3.57. The van der Waals surface area contributed by atoms with Crippen molar-refractivity contribution in [2.75, 3.05) is 0 Å². The second-order valence-electron chi connectivity index (χ2n) is 8.96. The predicted octanol–water partition coefficient (Wildman–Crippen LogP) is 6.00. The molecule has 1 atom stereocenters. The molecule has 0 nitrogen and oxygen atoms in total. The van der Waals surface area contributed by atoms with Crippen LogP contribution < -0.4 is 0 Å². The normalized spacial score (nSPS) is 34.0. The Morgan fingerprint density at radius 3 is 1.74 bits per heavy atom. The van der Waals surface area contributed by atoms with Gasteiger partial charge in [0.25, 0.3) is 0 Å². The summed E-state index contributed by atoms with van der Waals surface area (Å²) in [6, 6.07) is 0. The summed E-state index contributed by atoms with van der Waals surface area (Å²) in [6.07, 6.45) is 2.53. The maximum atomic E-state index is 2.53. The van der Waals surface area contributed by atoms with Gasteiger partial charge in [-0.25, -0.2) is 0 Å². The quantitative estimate of drug-likeness (QED) is 0.501. The van der Waals surface area contributed by atoms with Crippen LogP contribution in [-0.4, -0.2) is 0 Å². The SMILES string of the molecule is CC1=CC2C(=C1C)C(C)(C)C(C)(C)C(C)(C)C2(C)C. The Morgan fingerprint density at radius 1 is 0.789 bits per heavy atom. The second-order valence-corrected chi connectivity index (χ2v) is 8.96. The van der Waals surface area contributed by atoms with Crippen molar-refractivity contribution in [1.82, 2.24) is 0 Å². The van der Waals surface area contributed by atoms with E-state index < -0.39 is 0 Å². The van der Waals surface area contributed by atoms with E-state index in [-0.39, 0.29) is 10.8 Å². The molecule has 0 saturated heterocycles. The van der Waals surface area contributed by atoms with Gasteiger partial charge in [-0.05, 0) is 41.1 Å². The Bertz CT molecular complexity index is 478. The molecule has 108 valence electrons. The first kappa shape index (κ1) is 14.9. The highest BCUT2D eigenvalue weighted by Gasteiger charge is 2.64. The summed E-state index contributed by atoms with van der Waals surface area (Å²) in [5.41, 5.74) is 5.84. The molecule has 0 heterocycles. The number of allylic oxidation sites excluding steroid dienone is 4. The fourth-order valence-electron chi connectivity index (χ4n) is 4.64. The molecule has 0 aromatic rings. The van der Waals surface area contributed by atoms with Crippen LogP contribution in [0, 0.1) is 27.6 Å². The fourth-order valence-corrected chi connectivity index (χ4v) is 4.64. The molecule has 0 spiro atoms. The van der Waals surface area contributed by atoms with Gasteiger partial charge in [0.05, 0.1) is 0 Å². The fraction of sp³-hybridized carbons (Fsp3) is 0.789. The van der Waals surface area contributed by atoms with Gasteiger partial charge < -0.3 is 0 Å². The Labute approximate surface area is 120 Å². The lowest BCUT2D eigenvalue weighted by atomic mass is 9.37.